The fourth-order valence-electron chi connectivity index (χ4n) is 4.19. The van der Waals surface area contributed by atoms with Crippen LogP contribution < -0.4 is 14.4 Å². The summed E-state index contributed by atoms with van der Waals surface area (Å²) >= 11 is 0. The van der Waals surface area contributed by atoms with Gasteiger partial charge >= 0.3 is 6.61 Å². The Morgan fingerprint density at radius 1 is 1.06 bits per heavy atom. The van der Waals surface area contributed by atoms with E-state index in [2.05, 4.69) is 19.6 Å². The van der Waals surface area contributed by atoms with E-state index in [1.165, 1.54) is 7.11 Å². The van der Waals surface area contributed by atoms with Gasteiger partial charge in [-0.25, -0.2) is 9.97 Å². The number of rotatable bonds is 8. The predicted octanol–water partition coefficient (Wildman–Crippen LogP) is 3.59. The molecule has 0 saturated carbocycles. The van der Waals surface area contributed by atoms with Crippen LogP contribution in [0.25, 0.3) is 0 Å². The summed E-state index contributed by atoms with van der Waals surface area (Å²) in [6.07, 6.45) is 4.03. The smallest absolute Gasteiger partial charge is 0.387 e. The van der Waals surface area contributed by atoms with Crippen molar-refractivity contribution in [2.24, 2.45) is 0 Å². The topological polar surface area (TPSA) is 67.8 Å². The zero-order valence-electron chi connectivity index (χ0n) is 18.8. The van der Waals surface area contributed by atoms with Gasteiger partial charge in [0.25, 0.3) is 0 Å². The Labute approximate surface area is 197 Å². The van der Waals surface area contributed by atoms with Gasteiger partial charge in [0.2, 0.25) is 5.91 Å². The minimum atomic E-state index is -2.95. The molecule has 1 saturated heterocycles. The molecule has 1 aromatic heterocycles. The highest BCUT2D eigenvalue weighted by Gasteiger charge is 2.31. The van der Waals surface area contributed by atoms with Crippen molar-refractivity contribution in [2.75, 3.05) is 31.6 Å². The molecule has 0 unspecified atom stereocenters. The first kappa shape index (κ1) is 23.4. The molecular weight excluding hydrogens is 442 g/mol. The molecule has 178 valence electrons. The molecule has 3 aromatic rings. The van der Waals surface area contributed by atoms with E-state index < -0.39 is 6.61 Å². The van der Waals surface area contributed by atoms with Gasteiger partial charge in [0.15, 0.2) is 11.5 Å². The fourth-order valence-corrected chi connectivity index (χ4v) is 4.19. The lowest BCUT2D eigenvalue weighted by Gasteiger charge is -2.42. The number of benzene rings is 2. The van der Waals surface area contributed by atoms with Crippen LogP contribution in [0.2, 0.25) is 0 Å². The van der Waals surface area contributed by atoms with Gasteiger partial charge in [-0.2, -0.15) is 8.78 Å². The maximum Gasteiger partial charge on any atom is 0.387 e. The number of halogens is 2. The second kappa shape index (κ2) is 10.9. The Hall–Kier alpha value is -3.75. The molecule has 34 heavy (non-hydrogen) atoms. The third-order valence-corrected chi connectivity index (χ3v) is 5.77. The van der Waals surface area contributed by atoms with E-state index in [0.29, 0.717) is 31.9 Å². The number of anilines is 1. The largest absolute Gasteiger partial charge is 0.493 e. The number of alkyl halides is 2. The van der Waals surface area contributed by atoms with Crippen LogP contribution in [0.4, 0.5) is 14.5 Å². The van der Waals surface area contributed by atoms with Crippen LogP contribution >= 0.6 is 0 Å². The summed E-state index contributed by atoms with van der Waals surface area (Å²) in [5.74, 6) is 0.663. The predicted molar refractivity (Wildman–Crippen MR) is 123 cm³/mol. The molecule has 0 bridgehead atoms. The summed E-state index contributed by atoms with van der Waals surface area (Å²) in [7, 11) is 1.41. The zero-order chi connectivity index (χ0) is 23.9. The van der Waals surface area contributed by atoms with Gasteiger partial charge in [-0.15, -0.1) is 0 Å². The van der Waals surface area contributed by atoms with Crippen LogP contribution in [-0.2, 0) is 17.6 Å². The van der Waals surface area contributed by atoms with Crippen molar-refractivity contribution in [3.63, 3.8) is 0 Å². The molecule has 1 aliphatic heterocycles. The molecule has 2 heterocycles. The minimum Gasteiger partial charge on any atom is -0.493 e. The molecule has 1 amide bonds. The van der Waals surface area contributed by atoms with Crippen LogP contribution in [0.1, 0.15) is 11.4 Å². The number of carbonyl (C=O) groups excluding carboxylic acids is 1. The molecule has 1 fully saturated rings. The number of hydrogen-bond donors (Lipinski definition) is 0. The molecule has 7 nitrogen and oxygen atoms in total. The van der Waals surface area contributed by atoms with Crippen molar-refractivity contribution >= 4 is 11.6 Å². The third kappa shape index (κ3) is 5.78. The van der Waals surface area contributed by atoms with E-state index in [1.54, 1.807) is 30.6 Å². The second-order valence-corrected chi connectivity index (χ2v) is 7.93. The van der Waals surface area contributed by atoms with Gasteiger partial charge in [0.1, 0.15) is 5.82 Å². The van der Waals surface area contributed by atoms with E-state index in [-0.39, 0.29) is 29.9 Å². The van der Waals surface area contributed by atoms with Crippen molar-refractivity contribution in [3.05, 3.63) is 78.4 Å². The van der Waals surface area contributed by atoms with E-state index in [1.807, 2.05) is 41.3 Å². The quantitative estimate of drug-likeness (QED) is 0.504. The van der Waals surface area contributed by atoms with Gasteiger partial charge in [0, 0.05) is 43.8 Å². The minimum absolute atomic E-state index is 0.0191. The molecule has 0 aliphatic carbocycles. The monoisotopic (exact) mass is 468 g/mol. The van der Waals surface area contributed by atoms with Crippen LogP contribution in [-0.4, -0.2) is 60.2 Å². The van der Waals surface area contributed by atoms with Crippen LogP contribution in [0, 0.1) is 0 Å². The van der Waals surface area contributed by atoms with Crippen LogP contribution in [0.5, 0.6) is 11.5 Å². The van der Waals surface area contributed by atoms with Crippen molar-refractivity contribution in [1.82, 2.24) is 14.9 Å². The lowest BCUT2D eigenvalue weighted by molar-refractivity contribution is -0.133. The van der Waals surface area contributed by atoms with Gasteiger partial charge in [0.05, 0.1) is 19.6 Å². The van der Waals surface area contributed by atoms with E-state index in [4.69, 9.17) is 4.74 Å². The summed E-state index contributed by atoms with van der Waals surface area (Å²) in [5, 5.41) is 0. The molecule has 0 N–H and O–H groups in total. The second-order valence-electron chi connectivity index (χ2n) is 7.93. The summed E-state index contributed by atoms with van der Waals surface area (Å²) in [6.45, 7) is -1.38. The van der Waals surface area contributed by atoms with E-state index in [0.717, 1.165) is 11.3 Å². The Bertz CT molecular complexity index is 1090. The van der Waals surface area contributed by atoms with Gasteiger partial charge < -0.3 is 19.3 Å². The molecular formula is C25H26F2N4O3. The summed E-state index contributed by atoms with van der Waals surface area (Å²) in [4.78, 5) is 25.5. The number of nitrogens with zero attached hydrogens (tertiary/aromatic N) is 4. The van der Waals surface area contributed by atoms with Gasteiger partial charge in [-0.05, 0) is 30.2 Å². The highest BCUT2D eigenvalue weighted by molar-refractivity contribution is 5.78. The SMILES string of the molecule is COc1ccc(N2CCN(C(=O)Cc3ncccn3)[C@@H](Cc3ccccc3)C2)cc1OC(F)F. The fraction of sp³-hybridized carbons (Fsp3) is 0.320. The normalized spacial score (nSPS) is 15.9. The molecule has 0 spiro atoms. The number of amides is 1. The molecule has 2 aromatic carbocycles. The molecule has 0 radical (unpaired) electrons. The maximum atomic E-state index is 13.2. The highest BCUT2D eigenvalue weighted by atomic mass is 19.3. The van der Waals surface area contributed by atoms with Crippen LogP contribution in [0.3, 0.4) is 0 Å². The van der Waals surface area contributed by atoms with Gasteiger partial charge in [-0.1, -0.05) is 30.3 Å². The number of carbonyl (C=O) groups is 1. The summed E-state index contributed by atoms with van der Waals surface area (Å²) in [5.41, 5.74) is 1.84. The number of aromatic nitrogens is 2. The Kier molecular flexibility index (Phi) is 7.51. The average molecular weight is 469 g/mol. The Balaban J connectivity index is 1.56. The average Bonchev–Trinajstić information content (AvgIpc) is 2.85. The van der Waals surface area contributed by atoms with Gasteiger partial charge in [-0.3, -0.25) is 4.79 Å². The van der Waals surface area contributed by atoms with Crippen molar-refractivity contribution in [2.45, 2.75) is 25.5 Å². The lowest BCUT2D eigenvalue weighted by atomic mass is 10.0. The number of ether oxygens (including phenoxy) is 2. The molecule has 1 atom stereocenters. The summed E-state index contributed by atoms with van der Waals surface area (Å²) in [6, 6.07) is 16.5. The standard InChI is InChI=1S/C25H26F2N4O3/c1-33-21-9-8-19(15-22(21)34-25(26)27)30-12-13-31(24(32)16-23-28-10-5-11-29-23)20(17-30)14-18-6-3-2-4-7-18/h2-11,15,20,25H,12-14,16-17H2,1H3/t20-/m0/s1. The number of methoxy groups -OCH3 is 1. The van der Waals surface area contributed by atoms with E-state index in [9.17, 15) is 13.6 Å². The molecule has 4 rings (SSSR count). The first-order valence-corrected chi connectivity index (χ1v) is 11.0. The molecule has 9 heteroatoms. The van der Waals surface area contributed by atoms with Crippen LogP contribution in [0.15, 0.2) is 67.0 Å². The number of piperazine rings is 1. The zero-order valence-corrected chi connectivity index (χ0v) is 18.8. The number of hydrogen-bond acceptors (Lipinski definition) is 6. The van der Waals surface area contributed by atoms with Crippen molar-refractivity contribution < 1.29 is 23.0 Å². The summed E-state index contributed by atoms with van der Waals surface area (Å²) < 4.78 is 35.6. The third-order valence-electron chi connectivity index (χ3n) is 5.77. The van der Waals surface area contributed by atoms with Crippen molar-refractivity contribution in [3.8, 4) is 11.5 Å². The van der Waals surface area contributed by atoms with E-state index >= 15 is 0 Å². The molecule has 1 aliphatic rings. The first-order chi connectivity index (χ1) is 16.5. The van der Waals surface area contributed by atoms with Crippen molar-refractivity contribution in [1.29, 1.82) is 0 Å². The lowest BCUT2D eigenvalue weighted by Crippen LogP contribution is -2.56. The Morgan fingerprint density at radius 2 is 1.82 bits per heavy atom. The first-order valence-electron chi connectivity index (χ1n) is 11.0. The maximum absolute atomic E-state index is 13.2. The Morgan fingerprint density at radius 3 is 2.53 bits per heavy atom. The highest BCUT2D eigenvalue weighted by Crippen LogP contribution is 2.34.